The predicted molar refractivity (Wildman–Crippen MR) is 91.5 cm³/mol. The Kier molecular flexibility index (Phi) is 5.39. The molecule has 0 atom stereocenters. The van der Waals surface area contributed by atoms with Gasteiger partial charge in [-0.2, -0.15) is 0 Å². The highest BCUT2D eigenvalue weighted by molar-refractivity contribution is 7.17. The Morgan fingerprint density at radius 3 is 2.20 bits per heavy atom. The minimum Gasteiger partial charge on any atom is -0.361 e. The number of aromatic amines is 1. The quantitative estimate of drug-likeness (QED) is 0.401. The second kappa shape index (κ2) is 7.51. The molecule has 0 saturated heterocycles. The molecule has 0 fully saturated rings. The van der Waals surface area contributed by atoms with Crippen molar-refractivity contribution < 1.29 is 0 Å². The molecule has 102 valence electrons. The number of thiophene rings is 1. The number of para-hydroxylation sites is 1. The summed E-state index contributed by atoms with van der Waals surface area (Å²) in [7, 11) is 0. The van der Waals surface area contributed by atoms with Gasteiger partial charge in [-0.3, -0.25) is 0 Å². The van der Waals surface area contributed by atoms with Gasteiger partial charge < -0.3 is 4.98 Å². The molecule has 0 amide bonds. The standard InChI is InChI=1S/C8H7N.C8H6S.C2H6/c2*1-2-4-8-7(3-1)5-6-9-8;1-2/h1-6,9H;1-6H;1-2H3. The molecular formula is C18H19NS. The lowest BCUT2D eigenvalue weighted by molar-refractivity contribution is 1.48. The molecule has 0 bridgehead atoms. The highest BCUT2D eigenvalue weighted by atomic mass is 32.1. The topological polar surface area (TPSA) is 15.8 Å². The van der Waals surface area contributed by atoms with E-state index in [1.807, 2.05) is 32.2 Å². The van der Waals surface area contributed by atoms with Gasteiger partial charge in [-0.25, -0.2) is 0 Å². The summed E-state index contributed by atoms with van der Waals surface area (Å²) >= 11 is 1.79. The molecule has 0 aliphatic rings. The minimum atomic E-state index is 1.21. The van der Waals surface area contributed by atoms with Crippen molar-refractivity contribution in [1.82, 2.24) is 4.98 Å². The van der Waals surface area contributed by atoms with E-state index in [0.717, 1.165) is 0 Å². The Labute approximate surface area is 123 Å². The van der Waals surface area contributed by atoms with E-state index in [1.165, 1.54) is 21.0 Å². The zero-order valence-corrected chi connectivity index (χ0v) is 12.7. The Hall–Kier alpha value is -2.06. The zero-order valence-electron chi connectivity index (χ0n) is 11.8. The maximum atomic E-state index is 3.12. The number of hydrogen-bond donors (Lipinski definition) is 1. The molecular weight excluding hydrogens is 262 g/mol. The van der Waals surface area contributed by atoms with Gasteiger partial charge in [0.25, 0.3) is 0 Å². The lowest BCUT2D eigenvalue weighted by Gasteiger charge is -1.83. The smallest absolute Gasteiger partial charge is 0.0453 e. The first-order chi connectivity index (χ1) is 9.93. The fourth-order valence-corrected chi connectivity index (χ4v) is 2.69. The van der Waals surface area contributed by atoms with E-state index < -0.39 is 0 Å². The van der Waals surface area contributed by atoms with E-state index in [9.17, 15) is 0 Å². The van der Waals surface area contributed by atoms with E-state index >= 15 is 0 Å². The van der Waals surface area contributed by atoms with Crippen molar-refractivity contribution in [3.63, 3.8) is 0 Å². The number of hydrogen-bond acceptors (Lipinski definition) is 1. The van der Waals surface area contributed by atoms with Gasteiger partial charge in [-0.15, -0.1) is 11.3 Å². The normalized spacial score (nSPS) is 9.50. The zero-order chi connectivity index (χ0) is 14.2. The molecule has 4 rings (SSSR count). The van der Waals surface area contributed by atoms with E-state index in [4.69, 9.17) is 0 Å². The average molecular weight is 281 g/mol. The molecule has 4 aromatic rings. The summed E-state index contributed by atoms with van der Waals surface area (Å²) in [5.41, 5.74) is 1.21. The Bertz CT molecular complexity index is 625. The number of aromatic nitrogens is 1. The molecule has 1 N–H and O–H groups in total. The summed E-state index contributed by atoms with van der Waals surface area (Å²) < 4.78 is 1.37. The molecule has 0 aliphatic heterocycles. The molecule has 0 saturated carbocycles. The van der Waals surface area contributed by atoms with Crippen molar-refractivity contribution >= 4 is 32.3 Å². The van der Waals surface area contributed by atoms with Crippen LogP contribution in [0, 0.1) is 0 Å². The first-order valence-electron chi connectivity index (χ1n) is 6.88. The maximum absolute atomic E-state index is 3.12. The van der Waals surface area contributed by atoms with Crippen LogP contribution in [0.5, 0.6) is 0 Å². The number of H-pyrrole nitrogens is 1. The van der Waals surface area contributed by atoms with Crippen LogP contribution in [0.1, 0.15) is 13.8 Å². The summed E-state index contributed by atoms with van der Waals surface area (Å²) in [4.78, 5) is 3.12. The van der Waals surface area contributed by atoms with Crippen LogP contribution in [-0.4, -0.2) is 4.98 Å². The lowest BCUT2D eigenvalue weighted by atomic mass is 10.3. The van der Waals surface area contributed by atoms with Crippen LogP contribution in [0.2, 0.25) is 0 Å². The highest BCUT2D eigenvalue weighted by Gasteiger charge is 1.88. The van der Waals surface area contributed by atoms with Crippen molar-refractivity contribution in [2.45, 2.75) is 13.8 Å². The SMILES string of the molecule is CC.c1ccc2[nH]ccc2c1.c1ccc2sccc2c1. The monoisotopic (exact) mass is 281 g/mol. The van der Waals surface area contributed by atoms with Gasteiger partial charge in [0, 0.05) is 16.4 Å². The average Bonchev–Trinajstić information content (AvgIpc) is 3.18. The van der Waals surface area contributed by atoms with Crippen molar-refractivity contribution in [2.75, 3.05) is 0 Å². The van der Waals surface area contributed by atoms with Crippen molar-refractivity contribution in [2.24, 2.45) is 0 Å². The molecule has 2 heteroatoms. The Balaban J connectivity index is 0.000000131. The molecule has 2 aromatic heterocycles. The molecule has 0 unspecified atom stereocenters. The van der Waals surface area contributed by atoms with Crippen LogP contribution in [0.15, 0.2) is 72.2 Å². The second-order valence-electron chi connectivity index (χ2n) is 4.02. The first kappa shape index (κ1) is 14.4. The van der Waals surface area contributed by atoms with Crippen LogP contribution in [0.4, 0.5) is 0 Å². The van der Waals surface area contributed by atoms with Gasteiger partial charge in [0.1, 0.15) is 0 Å². The maximum Gasteiger partial charge on any atom is 0.0453 e. The number of rotatable bonds is 0. The number of fused-ring (bicyclic) bond motifs is 2. The third-order valence-corrected chi connectivity index (χ3v) is 3.72. The molecule has 0 spiro atoms. The van der Waals surface area contributed by atoms with Crippen LogP contribution >= 0.6 is 11.3 Å². The van der Waals surface area contributed by atoms with Crippen molar-refractivity contribution in [1.29, 1.82) is 0 Å². The number of nitrogens with one attached hydrogen (secondary N) is 1. The fourth-order valence-electron chi connectivity index (χ4n) is 1.90. The molecule has 2 heterocycles. The Morgan fingerprint density at radius 1 is 0.750 bits per heavy atom. The van der Waals surface area contributed by atoms with Crippen LogP contribution in [0.25, 0.3) is 21.0 Å². The van der Waals surface area contributed by atoms with Gasteiger partial charge in [0.2, 0.25) is 0 Å². The summed E-state index contributed by atoms with van der Waals surface area (Å²) in [5, 5.41) is 4.74. The first-order valence-corrected chi connectivity index (χ1v) is 7.76. The van der Waals surface area contributed by atoms with Gasteiger partial charge >= 0.3 is 0 Å². The van der Waals surface area contributed by atoms with E-state index in [2.05, 4.69) is 58.9 Å². The summed E-state index contributed by atoms with van der Waals surface area (Å²) in [6.45, 7) is 4.00. The molecule has 20 heavy (non-hydrogen) atoms. The predicted octanol–water partition coefficient (Wildman–Crippen LogP) is 6.10. The summed E-state index contributed by atoms with van der Waals surface area (Å²) in [6, 6.07) is 20.8. The fraction of sp³-hybridized carbons (Fsp3) is 0.111. The summed E-state index contributed by atoms with van der Waals surface area (Å²) in [5.74, 6) is 0. The van der Waals surface area contributed by atoms with Gasteiger partial charge in [0.05, 0.1) is 0 Å². The van der Waals surface area contributed by atoms with Crippen LogP contribution < -0.4 is 0 Å². The summed E-state index contributed by atoms with van der Waals surface area (Å²) in [6.07, 6.45) is 1.95. The van der Waals surface area contributed by atoms with Gasteiger partial charge in [0.15, 0.2) is 0 Å². The largest absolute Gasteiger partial charge is 0.361 e. The Morgan fingerprint density at radius 2 is 1.45 bits per heavy atom. The van der Waals surface area contributed by atoms with Gasteiger partial charge in [-0.1, -0.05) is 50.2 Å². The van der Waals surface area contributed by atoms with Gasteiger partial charge in [-0.05, 0) is 40.4 Å². The lowest BCUT2D eigenvalue weighted by Crippen LogP contribution is -1.61. The molecule has 2 aromatic carbocycles. The van der Waals surface area contributed by atoms with Crippen LogP contribution in [0.3, 0.4) is 0 Å². The third kappa shape index (κ3) is 3.49. The molecule has 0 radical (unpaired) electrons. The second-order valence-corrected chi connectivity index (χ2v) is 4.97. The molecule has 0 aliphatic carbocycles. The van der Waals surface area contributed by atoms with Crippen LogP contribution in [-0.2, 0) is 0 Å². The van der Waals surface area contributed by atoms with Crippen molar-refractivity contribution in [3.05, 3.63) is 72.2 Å². The third-order valence-electron chi connectivity index (χ3n) is 2.82. The molecule has 1 nitrogen and oxygen atoms in total. The van der Waals surface area contributed by atoms with E-state index in [-0.39, 0.29) is 0 Å². The van der Waals surface area contributed by atoms with E-state index in [0.29, 0.717) is 0 Å². The van der Waals surface area contributed by atoms with E-state index in [1.54, 1.807) is 11.3 Å². The van der Waals surface area contributed by atoms with Crippen molar-refractivity contribution in [3.8, 4) is 0 Å². The highest BCUT2D eigenvalue weighted by Crippen LogP contribution is 2.18. The number of benzene rings is 2. The minimum absolute atomic E-state index is 1.21.